The van der Waals surface area contributed by atoms with E-state index in [4.69, 9.17) is 0 Å². The van der Waals surface area contributed by atoms with Crippen LogP contribution < -0.4 is 10.4 Å². The van der Waals surface area contributed by atoms with Crippen molar-refractivity contribution in [2.24, 2.45) is 0 Å². The van der Waals surface area contributed by atoms with Crippen LogP contribution in [0.3, 0.4) is 0 Å². The van der Waals surface area contributed by atoms with E-state index in [-0.39, 0.29) is 0 Å². The normalized spacial score (nSPS) is 13.2. The van der Waals surface area contributed by atoms with Crippen molar-refractivity contribution in [2.45, 2.75) is 12.1 Å². The van der Waals surface area contributed by atoms with Crippen LogP contribution in [0, 0.1) is 0 Å². The molecule has 0 saturated carbocycles. The van der Waals surface area contributed by atoms with E-state index >= 15 is 0 Å². The Kier molecular flexibility index (Phi) is 4.68. The number of aliphatic carboxylic acids is 1. The quantitative estimate of drug-likeness (QED) is 0.824. The van der Waals surface area contributed by atoms with Crippen LogP contribution in [0.2, 0.25) is 0 Å². The number of hydrogen-bond donors (Lipinski definition) is 2. The Morgan fingerprint density at radius 2 is 1.48 bits per heavy atom. The van der Waals surface area contributed by atoms with Crippen LogP contribution in [0.25, 0.3) is 0 Å². The molecule has 0 aromatic heterocycles. The highest BCUT2D eigenvalue weighted by Crippen LogP contribution is 2.17. The first-order chi connectivity index (χ1) is 10.1. The first kappa shape index (κ1) is 14.7. The van der Waals surface area contributed by atoms with Gasteiger partial charge in [-0.3, -0.25) is 4.79 Å². The molecule has 0 aliphatic heterocycles. The zero-order valence-electron chi connectivity index (χ0n) is 11.1. The lowest BCUT2D eigenvalue weighted by Gasteiger charge is -2.25. The Bertz CT molecular complexity index is 613. The topological polar surface area (TPSA) is 89.5 Å². The SMILES string of the molecule is O=C(N[C@@H](c1ccccc1)[C@@H](O)C(=O)[O-])c1ccccc1. The Hall–Kier alpha value is -2.66. The van der Waals surface area contributed by atoms with E-state index < -0.39 is 24.0 Å². The molecule has 2 atom stereocenters. The summed E-state index contributed by atoms with van der Waals surface area (Å²) in [4.78, 5) is 23.0. The van der Waals surface area contributed by atoms with Gasteiger partial charge in [-0.15, -0.1) is 0 Å². The zero-order chi connectivity index (χ0) is 15.2. The van der Waals surface area contributed by atoms with Crippen LogP contribution in [0.4, 0.5) is 0 Å². The minimum absolute atomic E-state index is 0.379. The Morgan fingerprint density at radius 1 is 0.952 bits per heavy atom. The van der Waals surface area contributed by atoms with Gasteiger partial charge in [0.05, 0.1) is 12.0 Å². The molecule has 1 amide bonds. The van der Waals surface area contributed by atoms with E-state index in [0.29, 0.717) is 11.1 Å². The second-order valence-electron chi connectivity index (χ2n) is 4.49. The number of hydrogen-bond acceptors (Lipinski definition) is 4. The molecule has 0 saturated heterocycles. The average molecular weight is 284 g/mol. The number of carbonyl (C=O) groups excluding carboxylic acids is 2. The van der Waals surface area contributed by atoms with Crippen molar-refractivity contribution in [3.05, 3.63) is 71.8 Å². The highest BCUT2D eigenvalue weighted by molar-refractivity contribution is 5.94. The summed E-state index contributed by atoms with van der Waals surface area (Å²) in [5.74, 6) is -2.11. The summed E-state index contributed by atoms with van der Waals surface area (Å²) in [6, 6.07) is 15.7. The molecule has 0 spiro atoms. The zero-order valence-corrected chi connectivity index (χ0v) is 11.1. The van der Waals surface area contributed by atoms with Crippen molar-refractivity contribution in [3.8, 4) is 0 Å². The monoisotopic (exact) mass is 284 g/mol. The summed E-state index contributed by atoms with van der Waals surface area (Å²) >= 11 is 0. The third-order valence-electron chi connectivity index (χ3n) is 3.04. The highest BCUT2D eigenvalue weighted by atomic mass is 16.4. The molecule has 5 nitrogen and oxygen atoms in total. The predicted octanol–water partition coefficient (Wildman–Crippen LogP) is 0.268. The van der Waals surface area contributed by atoms with E-state index in [0.717, 1.165) is 0 Å². The van der Waals surface area contributed by atoms with Crippen molar-refractivity contribution in [2.75, 3.05) is 0 Å². The third-order valence-corrected chi connectivity index (χ3v) is 3.04. The molecule has 0 aliphatic rings. The first-order valence-electron chi connectivity index (χ1n) is 6.39. The highest BCUT2D eigenvalue weighted by Gasteiger charge is 2.24. The lowest BCUT2D eigenvalue weighted by Crippen LogP contribution is -2.46. The number of amides is 1. The molecule has 0 unspecified atom stereocenters. The minimum atomic E-state index is -1.83. The molecular formula is C16H14NO4-. The van der Waals surface area contributed by atoms with Gasteiger partial charge >= 0.3 is 0 Å². The van der Waals surface area contributed by atoms with Crippen LogP contribution in [-0.2, 0) is 4.79 Å². The number of aliphatic hydroxyl groups is 1. The fourth-order valence-corrected chi connectivity index (χ4v) is 1.96. The van der Waals surface area contributed by atoms with Gasteiger partial charge in [0.25, 0.3) is 5.91 Å². The lowest BCUT2D eigenvalue weighted by molar-refractivity contribution is -0.316. The fraction of sp³-hybridized carbons (Fsp3) is 0.125. The van der Waals surface area contributed by atoms with E-state index in [1.54, 1.807) is 60.7 Å². The Balaban J connectivity index is 2.25. The van der Waals surface area contributed by atoms with E-state index in [1.807, 2.05) is 0 Å². The van der Waals surface area contributed by atoms with Gasteiger partial charge in [0.15, 0.2) is 0 Å². The van der Waals surface area contributed by atoms with Gasteiger partial charge in [-0.05, 0) is 17.7 Å². The Morgan fingerprint density at radius 3 is 2.00 bits per heavy atom. The minimum Gasteiger partial charge on any atom is -0.547 e. The van der Waals surface area contributed by atoms with Gasteiger partial charge in [-0.2, -0.15) is 0 Å². The Labute approximate surface area is 121 Å². The van der Waals surface area contributed by atoms with Gasteiger partial charge in [0.2, 0.25) is 0 Å². The van der Waals surface area contributed by atoms with E-state index in [2.05, 4.69) is 5.32 Å². The smallest absolute Gasteiger partial charge is 0.251 e. The number of nitrogens with one attached hydrogen (secondary N) is 1. The summed E-state index contributed by atoms with van der Waals surface area (Å²) < 4.78 is 0. The van der Waals surface area contributed by atoms with Crippen LogP contribution >= 0.6 is 0 Å². The van der Waals surface area contributed by atoms with Crippen LogP contribution in [0.5, 0.6) is 0 Å². The molecular weight excluding hydrogens is 270 g/mol. The van der Waals surface area contributed by atoms with Gasteiger partial charge in [-0.1, -0.05) is 48.5 Å². The van der Waals surface area contributed by atoms with Gasteiger partial charge in [0.1, 0.15) is 6.10 Å². The summed E-state index contributed by atoms with van der Waals surface area (Å²) in [5.41, 5.74) is 0.863. The summed E-state index contributed by atoms with van der Waals surface area (Å²) in [6.07, 6.45) is -1.83. The molecule has 0 radical (unpaired) electrons. The first-order valence-corrected chi connectivity index (χ1v) is 6.39. The number of carboxylic acids is 1. The number of rotatable bonds is 5. The van der Waals surface area contributed by atoms with Crippen molar-refractivity contribution in [1.82, 2.24) is 5.32 Å². The van der Waals surface area contributed by atoms with Crippen molar-refractivity contribution < 1.29 is 19.8 Å². The molecule has 5 heteroatoms. The van der Waals surface area contributed by atoms with E-state index in [9.17, 15) is 19.8 Å². The van der Waals surface area contributed by atoms with Crippen molar-refractivity contribution >= 4 is 11.9 Å². The molecule has 21 heavy (non-hydrogen) atoms. The number of aliphatic hydroxyl groups excluding tert-OH is 1. The maximum Gasteiger partial charge on any atom is 0.251 e. The van der Waals surface area contributed by atoms with Crippen LogP contribution in [0.15, 0.2) is 60.7 Å². The summed E-state index contributed by atoms with van der Waals surface area (Å²) in [6.45, 7) is 0. The maximum atomic E-state index is 12.1. The van der Waals surface area contributed by atoms with Gasteiger partial charge in [-0.25, -0.2) is 0 Å². The predicted molar refractivity (Wildman–Crippen MR) is 74.1 cm³/mol. The molecule has 0 bridgehead atoms. The maximum absolute atomic E-state index is 12.1. The number of carboxylic acid groups (broad SMARTS) is 1. The average Bonchev–Trinajstić information content (AvgIpc) is 2.53. The van der Waals surface area contributed by atoms with Gasteiger partial charge < -0.3 is 20.3 Å². The standard InChI is InChI=1S/C16H15NO4/c18-14(16(20)21)13(11-7-3-1-4-8-11)17-15(19)12-9-5-2-6-10-12/h1-10,13-14,18H,(H,17,19)(H,20,21)/p-1/t13-,14+/m0/s1. The van der Waals surface area contributed by atoms with E-state index in [1.165, 1.54) is 0 Å². The lowest BCUT2D eigenvalue weighted by atomic mass is 10.0. The van der Waals surface area contributed by atoms with Crippen LogP contribution in [0.1, 0.15) is 22.0 Å². The fourth-order valence-electron chi connectivity index (χ4n) is 1.96. The van der Waals surface area contributed by atoms with Crippen molar-refractivity contribution in [1.29, 1.82) is 0 Å². The molecule has 0 aliphatic carbocycles. The molecule has 2 rings (SSSR count). The van der Waals surface area contributed by atoms with Gasteiger partial charge in [0, 0.05) is 5.56 Å². The molecule has 2 aromatic rings. The second-order valence-corrected chi connectivity index (χ2v) is 4.49. The number of carbonyl (C=O) groups is 2. The molecule has 0 fully saturated rings. The van der Waals surface area contributed by atoms with Crippen molar-refractivity contribution in [3.63, 3.8) is 0 Å². The number of benzene rings is 2. The largest absolute Gasteiger partial charge is 0.547 e. The third kappa shape index (κ3) is 3.67. The molecule has 108 valence electrons. The molecule has 2 aromatic carbocycles. The molecule has 2 N–H and O–H groups in total. The van der Waals surface area contributed by atoms with Crippen LogP contribution in [-0.4, -0.2) is 23.1 Å². The molecule has 0 heterocycles. The summed E-state index contributed by atoms with van der Waals surface area (Å²) in [5, 5.41) is 23.2. The summed E-state index contributed by atoms with van der Waals surface area (Å²) in [7, 11) is 0. The second kappa shape index (κ2) is 6.67.